The van der Waals surface area contributed by atoms with Crippen LogP contribution in [0, 0.1) is 0 Å². The van der Waals surface area contributed by atoms with Crippen molar-refractivity contribution in [3.05, 3.63) is 35.9 Å². The van der Waals surface area contributed by atoms with E-state index in [1.807, 2.05) is 6.07 Å². The van der Waals surface area contributed by atoms with Crippen molar-refractivity contribution in [1.29, 1.82) is 0 Å². The highest BCUT2D eigenvalue weighted by Crippen LogP contribution is 2.28. The molecule has 0 bridgehead atoms. The molecule has 3 nitrogen and oxygen atoms in total. The molecule has 0 radical (unpaired) electrons. The molecule has 1 unspecified atom stereocenters. The van der Waals surface area contributed by atoms with Gasteiger partial charge in [-0.1, -0.05) is 75.8 Å². The van der Waals surface area contributed by atoms with Gasteiger partial charge < -0.3 is 0 Å². The van der Waals surface area contributed by atoms with Crippen LogP contribution in [0.15, 0.2) is 30.3 Å². The summed E-state index contributed by atoms with van der Waals surface area (Å²) in [6, 6.07) is 10.5. The maximum Gasteiger partial charge on any atom is 0.264 e. The van der Waals surface area contributed by atoms with Crippen LogP contribution in [0.4, 0.5) is 0 Å². The van der Waals surface area contributed by atoms with Gasteiger partial charge in [-0.25, -0.2) is 0 Å². The normalized spacial score (nSPS) is 13.2. The third-order valence-electron chi connectivity index (χ3n) is 4.13. The van der Waals surface area contributed by atoms with Crippen molar-refractivity contribution in [3.63, 3.8) is 0 Å². The molecule has 1 N–H and O–H groups in total. The van der Waals surface area contributed by atoms with Crippen LogP contribution in [0.25, 0.3) is 0 Å². The first-order valence-electron chi connectivity index (χ1n) is 8.53. The fraction of sp³-hybridized carbons (Fsp3) is 0.667. The Morgan fingerprint density at radius 3 is 2.09 bits per heavy atom. The lowest BCUT2D eigenvalue weighted by atomic mass is 9.88. The predicted molar refractivity (Wildman–Crippen MR) is 92.8 cm³/mol. The molecule has 22 heavy (non-hydrogen) atoms. The van der Waals surface area contributed by atoms with Crippen LogP contribution in [0.3, 0.4) is 0 Å². The molecule has 1 rings (SSSR count). The zero-order valence-corrected chi connectivity index (χ0v) is 14.5. The molecule has 0 amide bonds. The summed E-state index contributed by atoms with van der Waals surface area (Å²) in [7, 11) is -3.81. The van der Waals surface area contributed by atoms with Crippen molar-refractivity contribution < 1.29 is 13.0 Å². The van der Waals surface area contributed by atoms with Gasteiger partial charge in [-0.2, -0.15) is 8.42 Å². The second-order valence-electron chi connectivity index (χ2n) is 6.09. The van der Waals surface area contributed by atoms with Crippen molar-refractivity contribution in [1.82, 2.24) is 0 Å². The van der Waals surface area contributed by atoms with E-state index < -0.39 is 10.1 Å². The molecule has 0 spiro atoms. The zero-order valence-electron chi connectivity index (χ0n) is 13.7. The van der Waals surface area contributed by atoms with E-state index in [1.54, 1.807) is 0 Å². The van der Waals surface area contributed by atoms with E-state index >= 15 is 0 Å². The first kappa shape index (κ1) is 19.2. The van der Waals surface area contributed by atoms with Gasteiger partial charge in [-0.15, -0.1) is 0 Å². The van der Waals surface area contributed by atoms with E-state index in [1.165, 1.54) is 44.1 Å². The molecule has 1 aromatic rings. The Balaban J connectivity index is 2.41. The first-order valence-corrected chi connectivity index (χ1v) is 10.1. The lowest BCUT2D eigenvalue weighted by molar-refractivity contribution is 0.473. The lowest BCUT2D eigenvalue weighted by Gasteiger charge is -2.17. The highest BCUT2D eigenvalue weighted by molar-refractivity contribution is 7.85. The molecule has 4 heteroatoms. The predicted octanol–water partition coefficient (Wildman–Crippen LogP) is 5.19. The highest BCUT2D eigenvalue weighted by Gasteiger charge is 2.12. The molecule has 1 atom stereocenters. The van der Waals surface area contributed by atoms with Crippen molar-refractivity contribution >= 4 is 10.1 Å². The summed E-state index contributed by atoms with van der Waals surface area (Å²) in [6.45, 7) is 2.22. The fourth-order valence-corrected chi connectivity index (χ4v) is 3.44. The lowest BCUT2D eigenvalue weighted by Crippen LogP contribution is -2.05. The van der Waals surface area contributed by atoms with Crippen molar-refractivity contribution in [2.45, 2.75) is 70.6 Å². The minimum Gasteiger partial charge on any atom is -0.286 e. The Bertz CT molecular complexity index is 482. The van der Waals surface area contributed by atoms with Crippen LogP contribution < -0.4 is 0 Å². The van der Waals surface area contributed by atoms with E-state index in [2.05, 4.69) is 31.2 Å². The molecular weight excluding hydrogens is 296 g/mol. The van der Waals surface area contributed by atoms with Crippen LogP contribution in [-0.2, 0) is 10.1 Å². The number of rotatable bonds is 12. The SMILES string of the molecule is CCCCCCCC(CCCCS(=O)(=O)O)c1ccccc1. The van der Waals surface area contributed by atoms with E-state index in [0.717, 1.165) is 12.8 Å². The molecule has 0 aliphatic carbocycles. The maximum absolute atomic E-state index is 10.8. The fourth-order valence-electron chi connectivity index (χ4n) is 2.87. The summed E-state index contributed by atoms with van der Waals surface area (Å²) >= 11 is 0. The zero-order chi connectivity index (χ0) is 16.3. The molecule has 0 aliphatic rings. The van der Waals surface area contributed by atoms with Crippen molar-refractivity contribution in [2.75, 3.05) is 5.75 Å². The largest absolute Gasteiger partial charge is 0.286 e. The minimum absolute atomic E-state index is 0.120. The molecule has 0 aliphatic heterocycles. The molecule has 0 heterocycles. The summed E-state index contributed by atoms with van der Waals surface area (Å²) in [6.07, 6.45) is 9.93. The molecule has 0 aromatic heterocycles. The Hall–Kier alpha value is -0.870. The Labute approximate surface area is 135 Å². The average molecular weight is 327 g/mol. The monoisotopic (exact) mass is 326 g/mol. The number of unbranched alkanes of at least 4 members (excludes halogenated alkanes) is 5. The Morgan fingerprint density at radius 2 is 1.50 bits per heavy atom. The highest BCUT2D eigenvalue weighted by atomic mass is 32.2. The molecule has 126 valence electrons. The third-order valence-corrected chi connectivity index (χ3v) is 4.94. The summed E-state index contributed by atoms with van der Waals surface area (Å²) in [5, 5.41) is 0. The van der Waals surface area contributed by atoms with Gasteiger partial charge in [0.05, 0.1) is 5.75 Å². The second kappa shape index (κ2) is 10.8. The van der Waals surface area contributed by atoms with Crippen LogP contribution in [0.5, 0.6) is 0 Å². The maximum atomic E-state index is 10.8. The van der Waals surface area contributed by atoms with E-state index in [4.69, 9.17) is 4.55 Å². The first-order chi connectivity index (χ1) is 10.5. The van der Waals surface area contributed by atoms with Crippen molar-refractivity contribution in [2.24, 2.45) is 0 Å². The minimum atomic E-state index is -3.81. The van der Waals surface area contributed by atoms with Gasteiger partial charge in [-0.3, -0.25) is 4.55 Å². The molecule has 1 aromatic carbocycles. The van der Waals surface area contributed by atoms with Gasteiger partial charge in [0.2, 0.25) is 0 Å². The van der Waals surface area contributed by atoms with Crippen LogP contribution in [0.1, 0.15) is 76.2 Å². The van der Waals surface area contributed by atoms with Crippen LogP contribution >= 0.6 is 0 Å². The number of hydrogen-bond acceptors (Lipinski definition) is 2. The summed E-state index contributed by atoms with van der Waals surface area (Å²) in [5.74, 6) is 0.384. The van der Waals surface area contributed by atoms with E-state index in [0.29, 0.717) is 12.3 Å². The molecule has 0 fully saturated rings. The Kier molecular flexibility index (Phi) is 9.41. The van der Waals surface area contributed by atoms with Crippen LogP contribution in [0.2, 0.25) is 0 Å². The van der Waals surface area contributed by atoms with E-state index in [-0.39, 0.29) is 5.75 Å². The average Bonchev–Trinajstić information content (AvgIpc) is 2.49. The summed E-state index contributed by atoms with van der Waals surface area (Å²) in [4.78, 5) is 0. The quantitative estimate of drug-likeness (QED) is 0.425. The summed E-state index contributed by atoms with van der Waals surface area (Å²) in [5.41, 5.74) is 1.35. The molecular formula is C18H30O3S. The third kappa shape index (κ3) is 9.21. The topological polar surface area (TPSA) is 54.4 Å². The summed E-state index contributed by atoms with van der Waals surface area (Å²) < 4.78 is 30.3. The van der Waals surface area contributed by atoms with Crippen molar-refractivity contribution in [3.8, 4) is 0 Å². The van der Waals surface area contributed by atoms with E-state index in [9.17, 15) is 8.42 Å². The second-order valence-corrected chi connectivity index (χ2v) is 7.66. The van der Waals surface area contributed by atoms with Gasteiger partial charge in [0.1, 0.15) is 0 Å². The standard InChI is InChI=1S/C18H30O3S/c1-2-3-4-5-7-12-18(17-13-8-6-9-14-17)15-10-11-16-22(19,20)21/h6,8-9,13-14,18H,2-5,7,10-12,15-16H2,1H3,(H,19,20,21). The number of benzene rings is 1. The Morgan fingerprint density at radius 1 is 0.909 bits per heavy atom. The van der Waals surface area contributed by atoms with Gasteiger partial charge in [-0.05, 0) is 30.7 Å². The number of hydrogen-bond donors (Lipinski definition) is 1. The van der Waals surface area contributed by atoms with Gasteiger partial charge in [0.25, 0.3) is 10.1 Å². The smallest absolute Gasteiger partial charge is 0.264 e. The van der Waals surface area contributed by atoms with Gasteiger partial charge in [0, 0.05) is 0 Å². The van der Waals surface area contributed by atoms with Gasteiger partial charge >= 0.3 is 0 Å². The van der Waals surface area contributed by atoms with Crippen LogP contribution in [-0.4, -0.2) is 18.7 Å². The molecule has 0 saturated heterocycles. The van der Waals surface area contributed by atoms with Gasteiger partial charge in [0.15, 0.2) is 0 Å². The molecule has 0 saturated carbocycles.